The summed E-state index contributed by atoms with van der Waals surface area (Å²) in [6.07, 6.45) is 6.16. The van der Waals surface area contributed by atoms with E-state index in [2.05, 4.69) is 54.2 Å². The first kappa shape index (κ1) is 17.4. The average Bonchev–Trinajstić information content (AvgIpc) is 2.90. The molecule has 2 N–H and O–H groups in total. The van der Waals surface area contributed by atoms with Crippen LogP contribution in [0.15, 0.2) is 30.3 Å². The predicted molar refractivity (Wildman–Crippen MR) is 97.6 cm³/mol. The molecule has 4 heteroatoms. The second kappa shape index (κ2) is 6.85. The highest BCUT2D eigenvalue weighted by atomic mass is 16.2. The van der Waals surface area contributed by atoms with E-state index in [0.717, 1.165) is 51.6 Å². The van der Waals surface area contributed by atoms with Crippen molar-refractivity contribution < 1.29 is 4.79 Å². The summed E-state index contributed by atoms with van der Waals surface area (Å²) in [6.45, 7) is 2.42. The first-order valence-corrected chi connectivity index (χ1v) is 9.22. The predicted octanol–water partition coefficient (Wildman–Crippen LogP) is 2.58. The van der Waals surface area contributed by atoms with Gasteiger partial charge in [0.1, 0.15) is 0 Å². The second-order valence-electron chi connectivity index (χ2n) is 7.93. The lowest BCUT2D eigenvalue weighted by molar-refractivity contribution is -0.127. The van der Waals surface area contributed by atoms with Crippen LogP contribution in [-0.2, 0) is 10.3 Å². The summed E-state index contributed by atoms with van der Waals surface area (Å²) in [6, 6.07) is 10.9. The van der Waals surface area contributed by atoms with Crippen molar-refractivity contribution in [2.75, 3.05) is 33.7 Å². The molecule has 24 heavy (non-hydrogen) atoms. The van der Waals surface area contributed by atoms with Gasteiger partial charge in [-0.2, -0.15) is 0 Å². The maximum Gasteiger partial charge on any atom is 0.223 e. The van der Waals surface area contributed by atoms with Crippen LogP contribution >= 0.6 is 0 Å². The number of carbonyl (C=O) groups excluding carboxylic acids is 1. The number of hydrogen-bond acceptors (Lipinski definition) is 3. The zero-order valence-corrected chi connectivity index (χ0v) is 15.1. The van der Waals surface area contributed by atoms with Crippen LogP contribution in [-0.4, -0.2) is 49.4 Å². The van der Waals surface area contributed by atoms with Crippen LogP contribution in [0.1, 0.15) is 44.1 Å². The topological polar surface area (TPSA) is 49.6 Å². The van der Waals surface area contributed by atoms with E-state index in [1.807, 2.05) is 0 Å². The summed E-state index contributed by atoms with van der Waals surface area (Å²) in [5, 5.41) is 0. The van der Waals surface area contributed by atoms with Crippen molar-refractivity contribution in [2.45, 2.75) is 44.1 Å². The molecule has 1 aromatic rings. The van der Waals surface area contributed by atoms with Crippen molar-refractivity contribution in [1.29, 1.82) is 0 Å². The fourth-order valence-electron chi connectivity index (χ4n) is 4.74. The van der Waals surface area contributed by atoms with Crippen LogP contribution < -0.4 is 5.73 Å². The van der Waals surface area contributed by atoms with Crippen LogP contribution in [0.25, 0.3) is 0 Å². The Hall–Kier alpha value is -1.39. The van der Waals surface area contributed by atoms with Crippen molar-refractivity contribution in [3.8, 4) is 0 Å². The highest BCUT2D eigenvalue weighted by Gasteiger charge is 2.49. The lowest BCUT2D eigenvalue weighted by Crippen LogP contribution is -2.47. The van der Waals surface area contributed by atoms with Gasteiger partial charge in [-0.05, 0) is 63.7 Å². The molecule has 132 valence electrons. The molecule has 1 aromatic carbocycles. The van der Waals surface area contributed by atoms with Crippen molar-refractivity contribution >= 4 is 5.91 Å². The number of amides is 1. The number of rotatable bonds is 5. The zero-order valence-electron chi connectivity index (χ0n) is 15.1. The van der Waals surface area contributed by atoms with Gasteiger partial charge >= 0.3 is 0 Å². The van der Waals surface area contributed by atoms with Gasteiger partial charge in [0.25, 0.3) is 0 Å². The second-order valence-corrected chi connectivity index (χ2v) is 7.93. The average molecular weight is 329 g/mol. The van der Waals surface area contributed by atoms with E-state index in [4.69, 9.17) is 5.73 Å². The molecule has 0 bridgehead atoms. The fraction of sp³-hybridized carbons (Fsp3) is 0.650. The summed E-state index contributed by atoms with van der Waals surface area (Å²) in [7, 11) is 4.39. The van der Waals surface area contributed by atoms with Crippen LogP contribution in [0, 0.1) is 5.41 Å². The van der Waals surface area contributed by atoms with Crippen molar-refractivity contribution in [2.24, 2.45) is 11.1 Å². The molecular weight excluding hydrogens is 298 g/mol. The summed E-state index contributed by atoms with van der Waals surface area (Å²) < 4.78 is 0. The third kappa shape index (κ3) is 3.09. The van der Waals surface area contributed by atoms with Gasteiger partial charge in [-0.1, -0.05) is 30.3 Å². The lowest BCUT2D eigenvalue weighted by Gasteiger charge is -2.48. The molecule has 3 rings (SSSR count). The molecule has 0 unspecified atom stereocenters. The number of hydrogen-bond donors (Lipinski definition) is 1. The summed E-state index contributed by atoms with van der Waals surface area (Å²) in [4.78, 5) is 16.8. The number of nitrogens with zero attached hydrogens (tertiary/aromatic N) is 2. The quantitative estimate of drug-likeness (QED) is 0.903. The van der Waals surface area contributed by atoms with Gasteiger partial charge in [0.05, 0.1) is 0 Å². The third-order valence-electron chi connectivity index (χ3n) is 6.34. The van der Waals surface area contributed by atoms with E-state index in [0.29, 0.717) is 12.5 Å². The van der Waals surface area contributed by atoms with Gasteiger partial charge in [-0.3, -0.25) is 9.69 Å². The zero-order chi connectivity index (χ0) is 17.2. The Morgan fingerprint density at radius 3 is 2.38 bits per heavy atom. The minimum atomic E-state index is 0.111. The molecule has 1 spiro atoms. The van der Waals surface area contributed by atoms with E-state index in [1.54, 1.807) is 0 Å². The third-order valence-corrected chi connectivity index (χ3v) is 6.34. The number of likely N-dealkylation sites (tertiary alicyclic amines) is 1. The number of carbonyl (C=O) groups is 1. The van der Waals surface area contributed by atoms with E-state index in [-0.39, 0.29) is 11.0 Å². The van der Waals surface area contributed by atoms with E-state index < -0.39 is 0 Å². The Balaban J connectivity index is 1.74. The van der Waals surface area contributed by atoms with E-state index >= 15 is 0 Å². The molecule has 1 amide bonds. The minimum absolute atomic E-state index is 0.111. The molecule has 0 atom stereocenters. The van der Waals surface area contributed by atoms with Gasteiger partial charge in [0, 0.05) is 25.0 Å². The monoisotopic (exact) mass is 329 g/mol. The molecule has 1 aliphatic carbocycles. The largest absolute Gasteiger partial charge is 0.342 e. The summed E-state index contributed by atoms with van der Waals surface area (Å²) >= 11 is 0. The molecular formula is C20H31N3O. The molecule has 0 radical (unpaired) electrons. The van der Waals surface area contributed by atoms with Crippen molar-refractivity contribution in [3.63, 3.8) is 0 Å². The Morgan fingerprint density at radius 2 is 1.79 bits per heavy atom. The van der Waals surface area contributed by atoms with Gasteiger partial charge < -0.3 is 10.6 Å². The van der Waals surface area contributed by atoms with Crippen LogP contribution in [0.4, 0.5) is 0 Å². The smallest absolute Gasteiger partial charge is 0.223 e. The van der Waals surface area contributed by atoms with Gasteiger partial charge in [0.15, 0.2) is 0 Å². The number of nitrogens with two attached hydrogens (primary N) is 1. The van der Waals surface area contributed by atoms with Crippen molar-refractivity contribution in [1.82, 2.24) is 9.80 Å². The van der Waals surface area contributed by atoms with Crippen molar-refractivity contribution in [3.05, 3.63) is 35.9 Å². The molecule has 1 saturated carbocycles. The normalized spacial score (nSPS) is 30.5. The molecule has 1 saturated heterocycles. The van der Waals surface area contributed by atoms with Crippen LogP contribution in [0.2, 0.25) is 0 Å². The molecule has 4 nitrogen and oxygen atoms in total. The molecule has 1 heterocycles. The summed E-state index contributed by atoms with van der Waals surface area (Å²) in [5.41, 5.74) is 7.33. The highest BCUT2D eigenvalue weighted by molar-refractivity contribution is 5.79. The Bertz CT molecular complexity index is 562. The molecule has 2 aliphatic rings. The van der Waals surface area contributed by atoms with Gasteiger partial charge in [0.2, 0.25) is 5.91 Å². The first-order valence-electron chi connectivity index (χ1n) is 9.22. The highest BCUT2D eigenvalue weighted by Crippen LogP contribution is 2.52. The van der Waals surface area contributed by atoms with Crippen LogP contribution in [0.3, 0.4) is 0 Å². The van der Waals surface area contributed by atoms with Crippen LogP contribution in [0.5, 0.6) is 0 Å². The fourth-order valence-corrected chi connectivity index (χ4v) is 4.74. The summed E-state index contributed by atoms with van der Waals surface area (Å²) in [5.74, 6) is 0.334. The lowest BCUT2D eigenvalue weighted by atomic mass is 9.64. The molecule has 1 aliphatic heterocycles. The van der Waals surface area contributed by atoms with E-state index in [9.17, 15) is 4.79 Å². The van der Waals surface area contributed by atoms with E-state index in [1.165, 1.54) is 5.56 Å². The molecule has 2 fully saturated rings. The molecule has 0 aromatic heterocycles. The Labute approximate surface area is 146 Å². The maximum absolute atomic E-state index is 12.4. The maximum atomic E-state index is 12.4. The number of benzene rings is 1. The Kier molecular flexibility index (Phi) is 4.97. The minimum Gasteiger partial charge on any atom is -0.342 e. The first-order chi connectivity index (χ1) is 11.5. The van der Waals surface area contributed by atoms with Gasteiger partial charge in [-0.15, -0.1) is 0 Å². The SMILES string of the molecule is CN(C)C1(c2ccccc2)CCC2(CC1)CC(=O)N(CCCN)C2. The Morgan fingerprint density at radius 1 is 1.12 bits per heavy atom. The van der Waals surface area contributed by atoms with Gasteiger partial charge in [-0.25, -0.2) is 0 Å². The standard InChI is InChI=1S/C20H31N3O/c1-22(2)20(17-7-4-3-5-8-17)11-9-19(10-12-20)15-18(24)23(16-19)14-6-13-21/h3-5,7-8H,6,9-16,21H2,1-2H3.